The highest BCUT2D eigenvalue weighted by Gasteiger charge is 2.41. The minimum atomic E-state index is -0.280. The largest absolute Gasteiger partial charge is 0.494 e. The van der Waals surface area contributed by atoms with Gasteiger partial charge in [-0.1, -0.05) is 12.1 Å². The molecule has 1 fully saturated rings. The lowest BCUT2D eigenvalue weighted by Crippen LogP contribution is -2.47. The molecule has 6 nitrogen and oxygen atoms in total. The zero-order valence-electron chi connectivity index (χ0n) is 18.3. The predicted molar refractivity (Wildman–Crippen MR) is 121 cm³/mol. The van der Waals surface area contributed by atoms with Gasteiger partial charge in [-0.05, 0) is 60.7 Å². The predicted octanol–water partition coefficient (Wildman–Crippen LogP) is 4.33. The van der Waals surface area contributed by atoms with Crippen LogP contribution >= 0.6 is 0 Å². The molecule has 5 rings (SSSR count). The van der Waals surface area contributed by atoms with E-state index >= 15 is 0 Å². The molecule has 0 unspecified atom stereocenters. The molecule has 31 heavy (non-hydrogen) atoms. The van der Waals surface area contributed by atoms with Gasteiger partial charge in [-0.25, -0.2) is 4.98 Å². The van der Waals surface area contributed by atoms with Crippen LogP contribution in [-0.2, 0) is 16.8 Å². The number of benzene rings is 2. The molecule has 3 heterocycles. The lowest BCUT2D eigenvalue weighted by molar-refractivity contribution is -0.0768. The second-order valence-electron chi connectivity index (χ2n) is 8.15. The van der Waals surface area contributed by atoms with Crippen LogP contribution in [0.15, 0.2) is 42.5 Å². The number of rotatable bonds is 4. The number of methoxy groups -OCH3 is 3. The molecule has 3 aromatic rings. The van der Waals surface area contributed by atoms with Crippen LogP contribution in [0.1, 0.15) is 24.0 Å². The van der Waals surface area contributed by atoms with Crippen molar-refractivity contribution in [2.45, 2.75) is 24.9 Å². The van der Waals surface area contributed by atoms with Gasteiger partial charge in [0.05, 0.1) is 33.5 Å². The fourth-order valence-electron chi connectivity index (χ4n) is 4.95. The molecule has 6 heteroatoms. The van der Waals surface area contributed by atoms with Gasteiger partial charge >= 0.3 is 0 Å². The van der Waals surface area contributed by atoms with E-state index in [-0.39, 0.29) is 5.60 Å². The van der Waals surface area contributed by atoms with E-state index in [2.05, 4.69) is 35.2 Å². The molecule has 162 valence electrons. The van der Waals surface area contributed by atoms with Crippen molar-refractivity contribution in [3.05, 3.63) is 53.6 Å². The SMILES string of the molecule is COc1cc2c(cc1OC)C1(CCN(c3ccc4cccc(OC)c4n3)CC1)OCC2. The Morgan fingerprint density at radius 2 is 1.65 bits per heavy atom. The Hall–Kier alpha value is -2.99. The molecule has 0 aliphatic carbocycles. The molecule has 0 atom stereocenters. The number of pyridine rings is 1. The van der Waals surface area contributed by atoms with E-state index in [0.717, 1.165) is 72.9 Å². The summed E-state index contributed by atoms with van der Waals surface area (Å²) in [6.07, 6.45) is 2.70. The number of anilines is 1. The van der Waals surface area contributed by atoms with Gasteiger partial charge in [-0.15, -0.1) is 0 Å². The van der Waals surface area contributed by atoms with Gasteiger partial charge in [0.15, 0.2) is 11.5 Å². The van der Waals surface area contributed by atoms with Crippen molar-refractivity contribution in [1.29, 1.82) is 0 Å². The Labute approximate surface area is 182 Å². The molecule has 2 aliphatic heterocycles. The van der Waals surface area contributed by atoms with Crippen LogP contribution < -0.4 is 19.1 Å². The molecule has 2 aliphatic rings. The van der Waals surface area contributed by atoms with Crippen LogP contribution in [-0.4, -0.2) is 46.0 Å². The normalized spacial score (nSPS) is 17.5. The lowest BCUT2D eigenvalue weighted by atomic mass is 9.79. The second-order valence-corrected chi connectivity index (χ2v) is 8.15. The van der Waals surface area contributed by atoms with E-state index in [1.54, 1.807) is 21.3 Å². The van der Waals surface area contributed by atoms with Crippen LogP contribution in [0.25, 0.3) is 10.9 Å². The van der Waals surface area contributed by atoms with Gasteiger partial charge in [0, 0.05) is 18.5 Å². The van der Waals surface area contributed by atoms with Crippen molar-refractivity contribution < 1.29 is 18.9 Å². The van der Waals surface area contributed by atoms with Crippen molar-refractivity contribution in [3.63, 3.8) is 0 Å². The van der Waals surface area contributed by atoms with Crippen molar-refractivity contribution in [1.82, 2.24) is 4.98 Å². The minimum absolute atomic E-state index is 0.280. The summed E-state index contributed by atoms with van der Waals surface area (Å²) in [6, 6.07) is 14.5. The Morgan fingerprint density at radius 3 is 2.39 bits per heavy atom. The summed E-state index contributed by atoms with van der Waals surface area (Å²) in [5.74, 6) is 3.33. The van der Waals surface area contributed by atoms with Crippen LogP contribution in [0.4, 0.5) is 5.82 Å². The first-order chi connectivity index (χ1) is 15.2. The summed E-state index contributed by atoms with van der Waals surface area (Å²) >= 11 is 0. The molecule has 1 spiro atoms. The van der Waals surface area contributed by atoms with Gasteiger partial charge < -0.3 is 23.8 Å². The van der Waals surface area contributed by atoms with Gasteiger partial charge in [-0.2, -0.15) is 0 Å². The highest BCUT2D eigenvalue weighted by Crippen LogP contribution is 2.45. The quantitative estimate of drug-likeness (QED) is 0.626. The maximum Gasteiger partial charge on any atom is 0.161 e. The monoisotopic (exact) mass is 420 g/mol. The third-order valence-corrected chi connectivity index (χ3v) is 6.63. The van der Waals surface area contributed by atoms with E-state index in [4.69, 9.17) is 23.9 Å². The van der Waals surface area contributed by atoms with Crippen LogP contribution in [0, 0.1) is 0 Å². The Kier molecular flexibility index (Phi) is 5.10. The van der Waals surface area contributed by atoms with E-state index in [1.807, 2.05) is 12.1 Å². The van der Waals surface area contributed by atoms with Crippen molar-refractivity contribution in [2.75, 3.05) is 45.9 Å². The number of piperidine rings is 1. The third kappa shape index (κ3) is 3.35. The first-order valence-corrected chi connectivity index (χ1v) is 10.8. The number of hydrogen-bond donors (Lipinski definition) is 0. The van der Waals surface area contributed by atoms with E-state index < -0.39 is 0 Å². The smallest absolute Gasteiger partial charge is 0.161 e. The maximum atomic E-state index is 6.43. The first-order valence-electron chi connectivity index (χ1n) is 10.8. The molecule has 2 aromatic carbocycles. The molecule has 1 aromatic heterocycles. The topological polar surface area (TPSA) is 53.1 Å². The van der Waals surface area contributed by atoms with Gasteiger partial charge in [0.2, 0.25) is 0 Å². The molecule has 0 N–H and O–H groups in total. The van der Waals surface area contributed by atoms with E-state index in [9.17, 15) is 0 Å². The van der Waals surface area contributed by atoms with E-state index in [1.165, 1.54) is 11.1 Å². The minimum Gasteiger partial charge on any atom is -0.494 e. The molecule has 0 radical (unpaired) electrons. The summed E-state index contributed by atoms with van der Waals surface area (Å²) in [7, 11) is 5.06. The lowest BCUT2D eigenvalue weighted by Gasteiger charge is -2.45. The Balaban J connectivity index is 1.43. The zero-order valence-corrected chi connectivity index (χ0v) is 18.3. The summed E-state index contributed by atoms with van der Waals surface area (Å²) < 4.78 is 23.0. The molecule has 0 amide bonds. The van der Waals surface area contributed by atoms with E-state index in [0.29, 0.717) is 0 Å². The number of aromatic nitrogens is 1. The van der Waals surface area contributed by atoms with Crippen LogP contribution in [0.2, 0.25) is 0 Å². The van der Waals surface area contributed by atoms with Crippen molar-refractivity contribution in [2.24, 2.45) is 0 Å². The summed E-state index contributed by atoms with van der Waals surface area (Å²) in [6.45, 7) is 2.48. The highest BCUT2D eigenvalue weighted by molar-refractivity contribution is 5.86. The fourth-order valence-corrected chi connectivity index (χ4v) is 4.95. The maximum absolute atomic E-state index is 6.43. The summed E-state index contributed by atoms with van der Waals surface area (Å²) in [5, 5.41) is 1.09. The van der Waals surface area contributed by atoms with Gasteiger partial charge in [0.25, 0.3) is 0 Å². The molecule has 0 bridgehead atoms. The highest BCUT2D eigenvalue weighted by atomic mass is 16.5. The number of hydrogen-bond acceptors (Lipinski definition) is 6. The third-order valence-electron chi connectivity index (χ3n) is 6.63. The average molecular weight is 421 g/mol. The number of para-hydroxylation sites is 1. The molecular weight excluding hydrogens is 392 g/mol. The number of nitrogens with zero attached hydrogens (tertiary/aromatic N) is 2. The molecule has 1 saturated heterocycles. The Morgan fingerprint density at radius 1 is 0.903 bits per heavy atom. The van der Waals surface area contributed by atoms with Crippen molar-refractivity contribution in [3.8, 4) is 17.2 Å². The standard InChI is InChI=1S/C25H28N2O4/c1-28-20-6-4-5-17-7-8-23(26-24(17)20)27-12-10-25(11-13-27)19-16-22(30-3)21(29-2)15-18(19)9-14-31-25/h4-8,15-16H,9-14H2,1-3H3. The number of fused-ring (bicyclic) bond motifs is 3. The van der Waals surface area contributed by atoms with Gasteiger partial charge in [0.1, 0.15) is 17.1 Å². The molecular formula is C25H28N2O4. The summed E-state index contributed by atoms with van der Waals surface area (Å²) in [5.41, 5.74) is 3.16. The Bertz CT molecular complexity index is 1110. The van der Waals surface area contributed by atoms with Crippen LogP contribution in [0.3, 0.4) is 0 Å². The van der Waals surface area contributed by atoms with Crippen molar-refractivity contribution >= 4 is 16.7 Å². The molecule has 0 saturated carbocycles. The number of ether oxygens (including phenoxy) is 4. The summed E-state index contributed by atoms with van der Waals surface area (Å²) in [4.78, 5) is 7.26. The zero-order chi connectivity index (χ0) is 21.4. The van der Waals surface area contributed by atoms with Crippen LogP contribution in [0.5, 0.6) is 17.2 Å². The van der Waals surface area contributed by atoms with Gasteiger partial charge in [-0.3, -0.25) is 0 Å². The fraction of sp³-hybridized carbons (Fsp3) is 0.400. The average Bonchev–Trinajstić information content (AvgIpc) is 2.83. The first kappa shape index (κ1) is 19.9. The second kappa shape index (κ2) is 7.93.